The molecule has 35 heavy (non-hydrogen) atoms. The molecule has 9 nitrogen and oxygen atoms in total. The monoisotopic (exact) mass is 470 g/mol. The van der Waals surface area contributed by atoms with Crippen LogP contribution >= 0.6 is 0 Å². The average molecular weight is 471 g/mol. The molecular formula is C26H30N8O. The average Bonchev–Trinajstić information content (AvgIpc) is 3.29. The van der Waals surface area contributed by atoms with Crippen molar-refractivity contribution in [2.45, 2.75) is 26.8 Å². The number of likely N-dealkylation sites (N-methyl/N-ethyl adjacent to an activating group) is 1. The molecule has 180 valence electrons. The second-order valence-corrected chi connectivity index (χ2v) is 8.97. The lowest BCUT2D eigenvalue weighted by Gasteiger charge is -2.34. The molecule has 1 saturated heterocycles. The molecule has 4 aromatic heterocycles. The Morgan fingerprint density at radius 2 is 1.86 bits per heavy atom. The number of nitrogens with zero attached hydrogens (tertiary/aromatic N) is 7. The van der Waals surface area contributed by atoms with Crippen molar-refractivity contribution in [3.05, 3.63) is 60.7 Å². The first-order valence-electron chi connectivity index (χ1n) is 12.1. The van der Waals surface area contributed by atoms with Crippen LogP contribution in [0, 0.1) is 0 Å². The van der Waals surface area contributed by atoms with Gasteiger partial charge in [-0.15, -0.1) is 0 Å². The van der Waals surface area contributed by atoms with Gasteiger partial charge in [-0.3, -0.25) is 4.79 Å². The van der Waals surface area contributed by atoms with Gasteiger partial charge in [0.1, 0.15) is 11.5 Å². The number of amides is 1. The van der Waals surface area contributed by atoms with E-state index in [1.807, 2.05) is 23.2 Å². The van der Waals surface area contributed by atoms with Gasteiger partial charge in [0.25, 0.3) is 5.91 Å². The van der Waals surface area contributed by atoms with E-state index in [2.05, 4.69) is 62.8 Å². The molecule has 0 unspecified atom stereocenters. The van der Waals surface area contributed by atoms with Crippen molar-refractivity contribution in [3.8, 4) is 11.3 Å². The lowest BCUT2D eigenvalue weighted by Crippen LogP contribution is -2.48. The highest BCUT2D eigenvalue weighted by atomic mass is 16.2. The van der Waals surface area contributed by atoms with E-state index in [1.165, 1.54) is 0 Å². The zero-order valence-corrected chi connectivity index (χ0v) is 20.3. The normalized spacial score (nSPS) is 14.6. The molecule has 1 aliphatic rings. The van der Waals surface area contributed by atoms with Crippen LogP contribution in [0.1, 0.15) is 37.2 Å². The predicted octanol–water partition coefficient (Wildman–Crippen LogP) is 3.99. The van der Waals surface area contributed by atoms with Crippen LogP contribution in [0.3, 0.4) is 0 Å². The van der Waals surface area contributed by atoms with E-state index in [0.717, 1.165) is 55.0 Å². The fourth-order valence-electron chi connectivity index (χ4n) is 4.41. The molecular weight excluding hydrogens is 440 g/mol. The van der Waals surface area contributed by atoms with E-state index in [4.69, 9.17) is 4.98 Å². The van der Waals surface area contributed by atoms with Gasteiger partial charge in [-0.25, -0.2) is 19.9 Å². The Labute approximate surface area is 204 Å². The Kier molecular flexibility index (Phi) is 6.41. The first-order chi connectivity index (χ1) is 17.0. The van der Waals surface area contributed by atoms with Crippen molar-refractivity contribution in [1.82, 2.24) is 34.3 Å². The van der Waals surface area contributed by atoms with Gasteiger partial charge in [0, 0.05) is 68.0 Å². The number of rotatable bonds is 6. The quantitative estimate of drug-likeness (QED) is 0.455. The highest BCUT2D eigenvalue weighted by Gasteiger charge is 2.21. The molecule has 5 heterocycles. The summed E-state index contributed by atoms with van der Waals surface area (Å²) in [6.45, 7) is 10.7. The fourth-order valence-corrected chi connectivity index (χ4v) is 4.41. The molecule has 0 aromatic carbocycles. The molecule has 0 spiro atoms. The fraction of sp³-hybridized carbons (Fsp3) is 0.346. The third kappa shape index (κ3) is 4.72. The van der Waals surface area contributed by atoms with E-state index in [-0.39, 0.29) is 11.9 Å². The van der Waals surface area contributed by atoms with Crippen LogP contribution in [-0.4, -0.2) is 72.9 Å². The minimum absolute atomic E-state index is 0.0215. The van der Waals surface area contributed by atoms with Crippen molar-refractivity contribution >= 4 is 28.7 Å². The van der Waals surface area contributed by atoms with Gasteiger partial charge in [0.15, 0.2) is 0 Å². The Bertz CT molecular complexity index is 1320. The molecule has 0 aliphatic carbocycles. The summed E-state index contributed by atoms with van der Waals surface area (Å²) in [5.41, 5.74) is 3.33. The first kappa shape index (κ1) is 22.9. The molecule has 1 fully saturated rings. The number of aromatic nitrogens is 5. The first-order valence-corrected chi connectivity index (χ1v) is 12.1. The van der Waals surface area contributed by atoms with Gasteiger partial charge in [-0.2, -0.15) is 0 Å². The molecule has 1 amide bonds. The molecule has 5 rings (SSSR count). The van der Waals surface area contributed by atoms with Crippen LogP contribution in [0.25, 0.3) is 22.3 Å². The van der Waals surface area contributed by atoms with Gasteiger partial charge in [0.05, 0.1) is 11.3 Å². The van der Waals surface area contributed by atoms with Crippen molar-refractivity contribution < 1.29 is 4.79 Å². The van der Waals surface area contributed by atoms with Crippen molar-refractivity contribution in [2.24, 2.45) is 0 Å². The third-order valence-electron chi connectivity index (χ3n) is 6.43. The highest BCUT2D eigenvalue weighted by molar-refractivity contribution is 5.94. The third-order valence-corrected chi connectivity index (χ3v) is 6.43. The summed E-state index contributed by atoms with van der Waals surface area (Å²) in [6.07, 6.45) is 7.24. The second-order valence-electron chi connectivity index (χ2n) is 8.97. The number of fused-ring (bicyclic) bond motifs is 1. The number of carbonyl (C=O) groups is 1. The molecule has 9 heteroatoms. The van der Waals surface area contributed by atoms with Gasteiger partial charge in [-0.1, -0.05) is 6.92 Å². The maximum Gasteiger partial charge on any atom is 0.255 e. The van der Waals surface area contributed by atoms with Gasteiger partial charge in [-0.05, 0) is 50.7 Å². The van der Waals surface area contributed by atoms with Crippen LogP contribution in [0.15, 0.2) is 55.1 Å². The topological polar surface area (TPSA) is 92.1 Å². The molecule has 1 aliphatic heterocycles. The Hall–Kier alpha value is -3.85. The van der Waals surface area contributed by atoms with Crippen LogP contribution in [0.2, 0.25) is 0 Å². The summed E-state index contributed by atoms with van der Waals surface area (Å²) < 4.78 is 2.15. The molecule has 0 bridgehead atoms. The van der Waals surface area contributed by atoms with E-state index in [0.29, 0.717) is 17.3 Å². The minimum atomic E-state index is 0.0215. The number of hydrogen-bond donors (Lipinski definition) is 1. The van der Waals surface area contributed by atoms with Gasteiger partial charge >= 0.3 is 0 Å². The molecule has 1 N–H and O–H groups in total. The number of piperazine rings is 1. The van der Waals surface area contributed by atoms with Crippen molar-refractivity contribution in [3.63, 3.8) is 0 Å². The number of nitrogens with one attached hydrogen (secondary N) is 1. The van der Waals surface area contributed by atoms with Crippen LogP contribution in [0.4, 0.5) is 11.8 Å². The van der Waals surface area contributed by atoms with Crippen LogP contribution in [-0.2, 0) is 0 Å². The van der Waals surface area contributed by atoms with Crippen molar-refractivity contribution in [2.75, 3.05) is 38.0 Å². The zero-order valence-electron chi connectivity index (χ0n) is 20.3. The smallest absolute Gasteiger partial charge is 0.255 e. The number of anilines is 2. The second kappa shape index (κ2) is 9.79. The lowest BCUT2D eigenvalue weighted by molar-refractivity contribution is 0.0643. The van der Waals surface area contributed by atoms with Gasteiger partial charge < -0.3 is 19.7 Å². The van der Waals surface area contributed by atoms with Crippen LogP contribution < -0.4 is 5.32 Å². The molecule has 0 saturated carbocycles. The maximum atomic E-state index is 12.8. The Morgan fingerprint density at radius 3 is 2.57 bits per heavy atom. The standard InChI is InChI=1S/C26H30N8O/c1-4-32-12-14-33(15-13-32)25(35)19-7-8-23(29-16-19)31-26-28-11-9-22(30-26)21-17-34(18(2)3)24-20(21)6-5-10-27-24/h5-11,16-18H,4,12-15H2,1-3H3,(H,28,29,30,31). The minimum Gasteiger partial charge on any atom is -0.336 e. The summed E-state index contributed by atoms with van der Waals surface area (Å²) in [6, 6.07) is 9.76. The predicted molar refractivity (Wildman–Crippen MR) is 137 cm³/mol. The number of pyridine rings is 2. The SMILES string of the molecule is CCN1CCN(C(=O)c2ccc(Nc3nccc(-c4cn(C(C)C)c5ncccc45)n3)nc2)CC1. The Morgan fingerprint density at radius 1 is 1.03 bits per heavy atom. The number of hydrogen-bond acceptors (Lipinski definition) is 7. The van der Waals surface area contributed by atoms with E-state index < -0.39 is 0 Å². The summed E-state index contributed by atoms with van der Waals surface area (Å²) in [7, 11) is 0. The largest absolute Gasteiger partial charge is 0.336 e. The van der Waals surface area contributed by atoms with E-state index >= 15 is 0 Å². The Balaban J connectivity index is 1.33. The zero-order chi connectivity index (χ0) is 24.4. The lowest BCUT2D eigenvalue weighted by atomic mass is 10.1. The van der Waals surface area contributed by atoms with Gasteiger partial charge in [0.2, 0.25) is 5.95 Å². The van der Waals surface area contributed by atoms with Crippen molar-refractivity contribution in [1.29, 1.82) is 0 Å². The summed E-state index contributed by atoms with van der Waals surface area (Å²) in [5.74, 6) is 1.05. The van der Waals surface area contributed by atoms with E-state index in [9.17, 15) is 4.79 Å². The molecule has 0 radical (unpaired) electrons. The highest BCUT2D eigenvalue weighted by Crippen LogP contribution is 2.30. The van der Waals surface area contributed by atoms with E-state index in [1.54, 1.807) is 24.5 Å². The molecule has 0 atom stereocenters. The summed E-state index contributed by atoms with van der Waals surface area (Å²) in [4.78, 5) is 35.2. The number of carbonyl (C=O) groups excluding carboxylic acids is 1. The summed E-state index contributed by atoms with van der Waals surface area (Å²) >= 11 is 0. The van der Waals surface area contributed by atoms with Crippen LogP contribution in [0.5, 0.6) is 0 Å². The maximum absolute atomic E-state index is 12.8. The summed E-state index contributed by atoms with van der Waals surface area (Å²) in [5, 5.41) is 4.21. The molecule has 4 aromatic rings.